The Bertz CT molecular complexity index is 1450. The Balaban J connectivity index is 1.29. The number of nitrogens with one attached hydrogen (secondary N) is 1. The lowest BCUT2D eigenvalue weighted by atomic mass is 10.0. The van der Waals surface area contributed by atoms with Gasteiger partial charge in [0, 0.05) is 12.1 Å². The van der Waals surface area contributed by atoms with E-state index in [4.69, 9.17) is 18.9 Å². The number of hydrogen-bond acceptors (Lipinski definition) is 7. The minimum atomic E-state index is -0.623. The average molecular weight is 702 g/mol. The molecule has 1 amide bonds. The number of amides is 1. The molecule has 0 heterocycles. The van der Waals surface area contributed by atoms with E-state index in [0.29, 0.717) is 23.4 Å². The minimum absolute atomic E-state index is 0.133. The zero-order chi connectivity index (χ0) is 36.5. The summed E-state index contributed by atoms with van der Waals surface area (Å²) in [7, 11) is 2.57. The third-order valence-electron chi connectivity index (χ3n) is 8.98. The second kappa shape index (κ2) is 24.8. The van der Waals surface area contributed by atoms with Gasteiger partial charge in [0.25, 0.3) is 0 Å². The standard InChI is InChI=1S/C43H59NO7/c1-4-5-6-7-8-9-10-11-12-13-14-15-16-17-18-19-31-50-37-27-23-34(24-28-37)25-30-41(45)44-36-26-29-40(39(33-36)43(47)49-3)51-38-22-20-21-35(32-38)42(46)48-2/h20-24,26-29,32-33H,4-19,25,30-31H2,1-3H3,(H,44,45). The molecule has 0 aliphatic rings. The number of carbonyl (C=O) groups excluding carboxylic acids is 3. The number of ether oxygens (including phenoxy) is 4. The monoisotopic (exact) mass is 701 g/mol. The summed E-state index contributed by atoms with van der Waals surface area (Å²) in [5.74, 6) is 0.0995. The van der Waals surface area contributed by atoms with Crippen molar-refractivity contribution >= 4 is 23.5 Å². The van der Waals surface area contributed by atoms with E-state index < -0.39 is 11.9 Å². The summed E-state index contributed by atoms with van der Waals surface area (Å²) in [6.45, 7) is 3.00. The maximum absolute atomic E-state index is 12.8. The smallest absolute Gasteiger partial charge is 0.341 e. The number of hydrogen-bond donors (Lipinski definition) is 1. The van der Waals surface area contributed by atoms with Gasteiger partial charge in [0.1, 0.15) is 22.8 Å². The summed E-state index contributed by atoms with van der Waals surface area (Å²) < 4.78 is 21.5. The molecule has 3 aromatic rings. The first kappa shape index (κ1) is 41.1. The fourth-order valence-electron chi connectivity index (χ4n) is 5.97. The fourth-order valence-corrected chi connectivity index (χ4v) is 5.97. The molecule has 0 radical (unpaired) electrons. The third-order valence-corrected chi connectivity index (χ3v) is 8.98. The lowest BCUT2D eigenvalue weighted by molar-refractivity contribution is -0.116. The van der Waals surface area contributed by atoms with E-state index >= 15 is 0 Å². The van der Waals surface area contributed by atoms with Crippen LogP contribution >= 0.6 is 0 Å². The SMILES string of the molecule is CCCCCCCCCCCCCCCCCCOc1ccc(CCC(=O)Nc2ccc(Oc3cccc(C(=O)OC)c3)c(C(=O)OC)c2)cc1. The number of rotatable bonds is 26. The zero-order valence-corrected chi connectivity index (χ0v) is 31.1. The van der Waals surface area contributed by atoms with Crippen LogP contribution < -0.4 is 14.8 Å². The van der Waals surface area contributed by atoms with Gasteiger partial charge in [0.2, 0.25) is 5.91 Å². The van der Waals surface area contributed by atoms with Crippen LogP contribution in [0.2, 0.25) is 0 Å². The highest BCUT2D eigenvalue weighted by Crippen LogP contribution is 2.29. The summed E-state index contributed by atoms with van der Waals surface area (Å²) in [6.07, 6.45) is 22.5. The number of methoxy groups -OCH3 is 2. The van der Waals surface area contributed by atoms with Crippen molar-refractivity contribution in [2.24, 2.45) is 0 Å². The predicted molar refractivity (Wildman–Crippen MR) is 204 cm³/mol. The second-order valence-electron chi connectivity index (χ2n) is 13.2. The molecule has 0 unspecified atom stereocenters. The van der Waals surface area contributed by atoms with Crippen molar-refractivity contribution in [3.63, 3.8) is 0 Å². The van der Waals surface area contributed by atoms with Crippen molar-refractivity contribution in [2.45, 2.75) is 122 Å². The molecule has 1 N–H and O–H groups in total. The Hall–Kier alpha value is -4.33. The molecule has 0 saturated carbocycles. The van der Waals surface area contributed by atoms with Gasteiger partial charge < -0.3 is 24.3 Å². The summed E-state index contributed by atoms with van der Waals surface area (Å²) in [5, 5.41) is 2.85. The van der Waals surface area contributed by atoms with E-state index in [1.807, 2.05) is 24.3 Å². The Kier molecular flexibility index (Phi) is 19.9. The molecule has 278 valence electrons. The van der Waals surface area contributed by atoms with Crippen LogP contribution in [0.25, 0.3) is 0 Å². The predicted octanol–water partition coefficient (Wildman–Crippen LogP) is 11.3. The summed E-state index contributed by atoms with van der Waals surface area (Å²) in [6, 6.07) is 19.1. The lowest BCUT2D eigenvalue weighted by Gasteiger charge is -2.13. The minimum Gasteiger partial charge on any atom is -0.494 e. The van der Waals surface area contributed by atoms with E-state index in [1.54, 1.807) is 30.3 Å². The molecule has 0 spiro atoms. The van der Waals surface area contributed by atoms with Crippen LogP contribution in [0, 0.1) is 0 Å². The van der Waals surface area contributed by atoms with Crippen molar-refractivity contribution in [1.29, 1.82) is 0 Å². The van der Waals surface area contributed by atoms with Crippen LogP contribution in [0.15, 0.2) is 66.7 Å². The van der Waals surface area contributed by atoms with E-state index in [9.17, 15) is 14.4 Å². The van der Waals surface area contributed by atoms with Crippen LogP contribution in [-0.4, -0.2) is 38.7 Å². The van der Waals surface area contributed by atoms with Crippen molar-refractivity contribution in [3.05, 3.63) is 83.4 Å². The summed E-state index contributed by atoms with van der Waals surface area (Å²) >= 11 is 0. The van der Waals surface area contributed by atoms with Gasteiger partial charge in [-0.1, -0.05) is 121 Å². The average Bonchev–Trinajstić information content (AvgIpc) is 3.15. The molecule has 3 aromatic carbocycles. The Labute approximate surface area is 305 Å². The number of anilines is 1. The number of aryl methyl sites for hydroxylation is 1. The van der Waals surface area contributed by atoms with E-state index in [1.165, 1.54) is 123 Å². The van der Waals surface area contributed by atoms with Crippen LogP contribution in [0.3, 0.4) is 0 Å². The molecule has 8 nitrogen and oxygen atoms in total. The van der Waals surface area contributed by atoms with E-state index in [2.05, 4.69) is 12.2 Å². The molecule has 0 fully saturated rings. The first-order valence-electron chi connectivity index (χ1n) is 19.0. The Morgan fingerprint density at radius 2 is 1.20 bits per heavy atom. The van der Waals surface area contributed by atoms with Gasteiger partial charge in [0.05, 0.1) is 26.4 Å². The molecule has 0 aromatic heterocycles. The van der Waals surface area contributed by atoms with E-state index in [-0.39, 0.29) is 23.6 Å². The van der Waals surface area contributed by atoms with Crippen molar-refractivity contribution in [1.82, 2.24) is 0 Å². The topological polar surface area (TPSA) is 100 Å². The summed E-state index contributed by atoms with van der Waals surface area (Å²) in [5.41, 5.74) is 1.92. The van der Waals surface area contributed by atoms with Gasteiger partial charge in [-0.05, 0) is 66.9 Å². The summed E-state index contributed by atoms with van der Waals surface area (Å²) in [4.78, 5) is 37.2. The van der Waals surface area contributed by atoms with E-state index in [0.717, 1.165) is 24.3 Å². The molecule has 8 heteroatoms. The van der Waals surface area contributed by atoms with Gasteiger partial charge in [-0.15, -0.1) is 0 Å². The number of esters is 2. The molecule has 0 saturated heterocycles. The zero-order valence-electron chi connectivity index (χ0n) is 31.1. The maximum Gasteiger partial charge on any atom is 0.341 e. The van der Waals surface area contributed by atoms with Gasteiger partial charge in [0.15, 0.2) is 0 Å². The molecule has 0 atom stereocenters. The van der Waals surface area contributed by atoms with Crippen LogP contribution in [0.4, 0.5) is 5.69 Å². The van der Waals surface area contributed by atoms with Crippen molar-refractivity contribution in [2.75, 3.05) is 26.1 Å². The van der Waals surface area contributed by atoms with Crippen molar-refractivity contribution in [3.8, 4) is 17.2 Å². The van der Waals surface area contributed by atoms with Gasteiger partial charge in [-0.25, -0.2) is 9.59 Å². The Morgan fingerprint density at radius 1 is 0.608 bits per heavy atom. The number of carbonyl (C=O) groups is 3. The maximum atomic E-state index is 12.8. The number of unbranched alkanes of at least 4 members (excludes halogenated alkanes) is 15. The molecular weight excluding hydrogens is 642 g/mol. The normalized spacial score (nSPS) is 10.8. The molecular formula is C43H59NO7. The first-order chi connectivity index (χ1) is 24.9. The quantitative estimate of drug-likeness (QED) is 0.0657. The van der Waals surface area contributed by atoms with Crippen LogP contribution in [-0.2, 0) is 20.7 Å². The fraction of sp³-hybridized carbons (Fsp3) is 0.512. The highest BCUT2D eigenvalue weighted by atomic mass is 16.5. The molecule has 0 bridgehead atoms. The van der Waals surface area contributed by atoms with Gasteiger partial charge >= 0.3 is 11.9 Å². The van der Waals surface area contributed by atoms with Crippen LogP contribution in [0.5, 0.6) is 17.2 Å². The highest BCUT2D eigenvalue weighted by molar-refractivity contribution is 5.96. The second-order valence-corrected chi connectivity index (χ2v) is 13.2. The van der Waals surface area contributed by atoms with Crippen molar-refractivity contribution < 1.29 is 33.3 Å². The van der Waals surface area contributed by atoms with Gasteiger partial charge in [-0.3, -0.25) is 4.79 Å². The highest BCUT2D eigenvalue weighted by Gasteiger charge is 2.17. The van der Waals surface area contributed by atoms with Crippen LogP contribution in [0.1, 0.15) is 142 Å². The Morgan fingerprint density at radius 3 is 1.78 bits per heavy atom. The molecule has 0 aliphatic carbocycles. The molecule has 51 heavy (non-hydrogen) atoms. The molecule has 3 rings (SSSR count). The number of benzene rings is 3. The first-order valence-corrected chi connectivity index (χ1v) is 19.0. The third kappa shape index (κ3) is 16.5. The van der Waals surface area contributed by atoms with Gasteiger partial charge in [-0.2, -0.15) is 0 Å². The largest absolute Gasteiger partial charge is 0.494 e. The molecule has 0 aliphatic heterocycles. The lowest BCUT2D eigenvalue weighted by Crippen LogP contribution is -2.13.